The van der Waals surface area contributed by atoms with Crippen LogP contribution < -0.4 is 5.73 Å². The molecule has 0 aromatic carbocycles. The fourth-order valence-corrected chi connectivity index (χ4v) is 1.22. The summed E-state index contributed by atoms with van der Waals surface area (Å²) in [5, 5.41) is 0. The molecule has 3 nitrogen and oxygen atoms in total. The molecule has 1 aromatic rings. The highest BCUT2D eigenvalue weighted by molar-refractivity contribution is 5.16. The molecular formula is C11H18N2O. The van der Waals surface area contributed by atoms with E-state index in [-0.39, 0.29) is 6.04 Å². The van der Waals surface area contributed by atoms with Crippen molar-refractivity contribution in [2.45, 2.75) is 26.3 Å². The summed E-state index contributed by atoms with van der Waals surface area (Å²) in [6.07, 6.45) is 2.69. The molecule has 1 rings (SSSR count). The van der Waals surface area contributed by atoms with Gasteiger partial charge in [0.1, 0.15) is 0 Å². The molecule has 1 heterocycles. The Balaban J connectivity index is 2.43. The monoisotopic (exact) mass is 194 g/mol. The minimum absolute atomic E-state index is 0.0367. The Morgan fingerprint density at radius 3 is 2.86 bits per heavy atom. The third-order valence-electron chi connectivity index (χ3n) is 2.14. The lowest BCUT2D eigenvalue weighted by molar-refractivity contribution is 0.140. The standard InChI is InChI=1S/C11H18N2O/c1-3-14-7-6-11(12)10-5-4-9(2)13-8-10/h4-5,8,11H,3,6-7,12H2,1-2H3. The molecule has 0 aliphatic rings. The first-order valence-corrected chi connectivity index (χ1v) is 5.00. The van der Waals surface area contributed by atoms with Crippen molar-refractivity contribution < 1.29 is 4.74 Å². The van der Waals surface area contributed by atoms with Gasteiger partial charge < -0.3 is 10.5 Å². The molecule has 14 heavy (non-hydrogen) atoms. The Morgan fingerprint density at radius 1 is 1.50 bits per heavy atom. The first-order valence-electron chi connectivity index (χ1n) is 5.00. The molecule has 2 N–H and O–H groups in total. The van der Waals surface area contributed by atoms with Crippen LogP contribution in [0.3, 0.4) is 0 Å². The summed E-state index contributed by atoms with van der Waals surface area (Å²) < 4.78 is 5.25. The topological polar surface area (TPSA) is 48.1 Å². The fraction of sp³-hybridized carbons (Fsp3) is 0.545. The molecule has 0 aliphatic heterocycles. The van der Waals surface area contributed by atoms with E-state index in [0.717, 1.165) is 24.3 Å². The van der Waals surface area contributed by atoms with Crippen LogP contribution in [-0.2, 0) is 4.74 Å². The van der Waals surface area contributed by atoms with E-state index in [2.05, 4.69) is 4.98 Å². The number of rotatable bonds is 5. The smallest absolute Gasteiger partial charge is 0.0483 e. The number of aromatic nitrogens is 1. The van der Waals surface area contributed by atoms with Crippen molar-refractivity contribution in [3.8, 4) is 0 Å². The number of ether oxygens (including phenoxy) is 1. The second kappa shape index (κ2) is 5.73. The first kappa shape index (κ1) is 11.1. The molecule has 0 saturated heterocycles. The van der Waals surface area contributed by atoms with Gasteiger partial charge in [0, 0.05) is 31.1 Å². The zero-order valence-electron chi connectivity index (χ0n) is 8.86. The van der Waals surface area contributed by atoms with Crippen LogP contribution in [0.4, 0.5) is 0 Å². The van der Waals surface area contributed by atoms with Crippen LogP contribution in [0.1, 0.15) is 30.6 Å². The fourth-order valence-electron chi connectivity index (χ4n) is 1.22. The highest BCUT2D eigenvalue weighted by Crippen LogP contribution is 2.12. The maximum atomic E-state index is 5.97. The van der Waals surface area contributed by atoms with Crippen molar-refractivity contribution in [1.29, 1.82) is 0 Å². The number of nitrogens with zero attached hydrogens (tertiary/aromatic N) is 1. The summed E-state index contributed by atoms with van der Waals surface area (Å²) in [6, 6.07) is 4.05. The quantitative estimate of drug-likeness (QED) is 0.727. The zero-order chi connectivity index (χ0) is 10.4. The summed E-state index contributed by atoms with van der Waals surface area (Å²) in [5.41, 5.74) is 8.06. The van der Waals surface area contributed by atoms with Crippen LogP contribution >= 0.6 is 0 Å². The van der Waals surface area contributed by atoms with E-state index in [0.29, 0.717) is 6.61 Å². The van der Waals surface area contributed by atoms with Gasteiger partial charge in [0.25, 0.3) is 0 Å². The molecule has 0 aliphatic carbocycles. The van der Waals surface area contributed by atoms with E-state index in [1.807, 2.05) is 32.2 Å². The second-order valence-corrected chi connectivity index (χ2v) is 3.33. The number of hydrogen-bond acceptors (Lipinski definition) is 3. The van der Waals surface area contributed by atoms with Gasteiger partial charge in [0.05, 0.1) is 0 Å². The Hall–Kier alpha value is -0.930. The molecule has 0 bridgehead atoms. The lowest BCUT2D eigenvalue weighted by atomic mass is 10.1. The van der Waals surface area contributed by atoms with Gasteiger partial charge in [0.2, 0.25) is 0 Å². The summed E-state index contributed by atoms with van der Waals surface area (Å²) in [5.74, 6) is 0. The minimum Gasteiger partial charge on any atom is -0.382 e. The SMILES string of the molecule is CCOCCC(N)c1ccc(C)nc1. The minimum atomic E-state index is 0.0367. The first-order chi connectivity index (χ1) is 6.74. The zero-order valence-corrected chi connectivity index (χ0v) is 8.86. The van der Waals surface area contributed by atoms with Gasteiger partial charge in [-0.25, -0.2) is 0 Å². The van der Waals surface area contributed by atoms with Gasteiger partial charge in [-0.2, -0.15) is 0 Å². The van der Waals surface area contributed by atoms with Gasteiger partial charge in [0.15, 0.2) is 0 Å². The molecule has 0 saturated carbocycles. The van der Waals surface area contributed by atoms with E-state index in [1.165, 1.54) is 0 Å². The summed E-state index contributed by atoms with van der Waals surface area (Å²) >= 11 is 0. The molecule has 3 heteroatoms. The van der Waals surface area contributed by atoms with Crippen molar-refractivity contribution in [2.75, 3.05) is 13.2 Å². The lowest BCUT2D eigenvalue weighted by Gasteiger charge is -2.11. The number of aryl methyl sites for hydroxylation is 1. The molecule has 0 fully saturated rings. The second-order valence-electron chi connectivity index (χ2n) is 3.33. The van der Waals surface area contributed by atoms with E-state index >= 15 is 0 Å². The molecule has 0 radical (unpaired) electrons. The van der Waals surface area contributed by atoms with E-state index in [4.69, 9.17) is 10.5 Å². The molecule has 1 atom stereocenters. The van der Waals surface area contributed by atoms with Gasteiger partial charge in [-0.1, -0.05) is 6.07 Å². The van der Waals surface area contributed by atoms with Crippen molar-refractivity contribution in [2.24, 2.45) is 5.73 Å². The van der Waals surface area contributed by atoms with Crippen LogP contribution in [0.15, 0.2) is 18.3 Å². The van der Waals surface area contributed by atoms with Crippen LogP contribution in [0.25, 0.3) is 0 Å². The van der Waals surface area contributed by atoms with Crippen molar-refractivity contribution in [1.82, 2.24) is 4.98 Å². The van der Waals surface area contributed by atoms with Crippen LogP contribution in [-0.4, -0.2) is 18.2 Å². The van der Waals surface area contributed by atoms with Crippen molar-refractivity contribution >= 4 is 0 Å². The average Bonchev–Trinajstić information content (AvgIpc) is 2.19. The molecular weight excluding hydrogens is 176 g/mol. The van der Waals surface area contributed by atoms with Gasteiger partial charge >= 0.3 is 0 Å². The predicted octanol–water partition coefficient (Wildman–Crippen LogP) is 1.82. The van der Waals surface area contributed by atoms with Gasteiger partial charge in [-0.05, 0) is 31.9 Å². The van der Waals surface area contributed by atoms with Crippen LogP contribution in [0.2, 0.25) is 0 Å². The van der Waals surface area contributed by atoms with Gasteiger partial charge in [-0.3, -0.25) is 4.98 Å². The highest BCUT2D eigenvalue weighted by Gasteiger charge is 2.05. The van der Waals surface area contributed by atoms with Gasteiger partial charge in [-0.15, -0.1) is 0 Å². The van der Waals surface area contributed by atoms with E-state index in [9.17, 15) is 0 Å². The number of pyridine rings is 1. The maximum absolute atomic E-state index is 5.97. The Bertz CT molecular complexity index is 258. The highest BCUT2D eigenvalue weighted by atomic mass is 16.5. The number of hydrogen-bond donors (Lipinski definition) is 1. The van der Waals surface area contributed by atoms with Crippen LogP contribution in [0.5, 0.6) is 0 Å². The lowest BCUT2D eigenvalue weighted by Crippen LogP contribution is -2.13. The number of nitrogens with two attached hydrogens (primary N) is 1. The van der Waals surface area contributed by atoms with E-state index in [1.54, 1.807) is 0 Å². The Kier molecular flexibility index (Phi) is 4.56. The van der Waals surface area contributed by atoms with Crippen LogP contribution in [0, 0.1) is 6.92 Å². The normalized spacial score (nSPS) is 12.8. The van der Waals surface area contributed by atoms with Crippen molar-refractivity contribution in [3.63, 3.8) is 0 Å². The summed E-state index contributed by atoms with van der Waals surface area (Å²) in [4.78, 5) is 4.21. The molecule has 78 valence electrons. The maximum Gasteiger partial charge on any atom is 0.0483 e. The van der Waals surface area contributed by atoms with E-state index < -0.39 is 0 Å². The summed E-state index contributed by atoms with van der Waals surface area (Å²) in [7, 11) is 0. The largest absolute Gasteiger partial charge is 0.382 e. The molecule has 1 aromatic heterocycles. The Labute approximate surface area is 85.3 Å². The average molecular weight is 194 g/mol. The predicted molar refractivity (Wildman–Crippen MR) is 57.0 cm³/mol. The molecule has 0 spiro atoms. The third kappa shape index (κ3) is 3.44. The van der Waals surface area contributed by atoms with Crippen molar-refractivity contribution in [3.05, 3.63) is 29.6 Å². The molecule has 0 amide bonds. The molecule has 1 unspecified atom stereocenters. The third-order valence-corrected chi connectivity index (χ3v) is 2.14. The summed E-state index contributed by atoms with van der Waals surface area (Å²) in [6.45, 7) is 5.42. The Morgan fingerprint density at radius 2 is 2.29 bits per heavy atom.